The molecule has 0 saturated heterocycles. The Hall–Kier alpha value is -1.22. The lowest BCUT2D eigenvalue weighted by atomic mass is 9.91. The zero-order valence-electron chi connectivity index (χ0n) is 11.3. The number of para-hydroxylation sites is 1. The number of benzene rings is 1. The van der Waals surface area contributed by atoms with E-state index in [0.29, 0.717) is 19.0 Å². The lowest BCUT2D eigenvalue weighted by Gasteiger charge is -2.30. The van der Waals surface area contributed by atoms with Gasteiger partial charge in [-0.3, -0.25) is 4.79 Å². The summed E-state index contributed by atoms with van der Waals surface area (Å²) in [5, 5.41) is 0. The Balaban J connectivity index is 2.19. The first-order chi connectivity index (χ1) is 9.27. The molecule has 1 atom stereocenters. The number of alkyl halides is 1. The number of carbonyl (C=O) groups excluding carboxylic acids is 1. The predicted octanol–water partition coefficient (Wildman–Crippen LogP) is 3.03. The first-order valence-corrected chi connectivity index (χ1v) is 7.37. The minimum absolute atomic E-state index is 0.0836. The van der Waals surface area contributed by atoms with Crippen molar-refractivity contribution in [3.8, 4) is 5.75 Å². The molecule has 1 heterocycles. The summed E-state index contributed by atoms with van der Waals surface area (Å²) >= 11 is 5.80. The highest BCUT2D eigenvalue weighted by Gasteiger charge is 2.30. The van der Waals surface area contributed by atoms with Crippen molar-refractivity contribution in [1.82, 2.24) is 4.90 Å². The van der Waals surface area contributed by atoms with E-state index in [1.165, 1.54) is 0 Å². The van der Waals surface area contributed by atoms with E-state index in [1.807, 2.05) is 29.2 Å². The van der Waals surface area contributed by atoms with Crippen molar-refractivity contribution in [3.05, 3.63) is 29.8 Å². The highest BCUT2D eigenvalue weighted by molar-refractivity contribution is 6.18. The highest BCUT2D eigenvalue weighted by Crippen LogP contribution is 2.34. The molecule has 1 unspecified atom stereocenters. The molecule has 0 radical (unpaired) electrons. The van der Waals surface area contributed by atoms with Crippen molar-refractivity contribution in [2.75, 3.05) is 25.6 Å². The van der Waals surface area contributed by atoms with Gasteiger partial charge in [-0.2, -0.15) is 0 Å². The molecule has 0 spiro atoms. The molecule has 0 aromatic heterocycles. The van der Waals surface area contributed by atoms with E-state index in [4.69, 9.17) is 16.3 Å². The third-order valence-electron chi connectivity index (χ3n) is 3.42. The van der Waals surface area contributed by atoms with Crippen LogP contribution >= 0.6 is 11.6 Å². The van der Waals surface area contributed by atoms with E-state index < -0.39 is 0 Å². The van der Waals surface area contributed by atoms with Gasteiger partial charge in [0.1, 0.15) is 5.75 Å². The average Bonchev–Trinajstić information content (AvgIpc) is 2.46. The predicted molar refractivity (Wildman–Crippen MR) is 76.9 cm³/mol. The third kappa shape index (κ3) is 3.21. The molecule has 1 amide bonds. The van der Waals surface area contributed by atoms with E-state index in [9.17, 15) is 4.79 Å². The van der Waals surface area contributed by atoms with Crippen LogP contribution < -0.4 is 4.74 Å². The van der Waals surface area contributed by atoms with Crippen molar-refractivity contribution in [2.24, 2.45) is 0 Å². The summed E-state index contributed by atoms with van der Waals surface area (Å²) in [7, 11) is 0. The Morgan fingerprint density at radius 3 is 2.95 bits per heavy atom. The van der Waals surface area contributed by atoms with Crippen LogP contribution in [0.25, 0.3) is 0 Å². The van der Waals surface area contributed by atoms with Gasteiger partial charge in [0.05, 0.1) is 12.5 Å². The Morgan fingerprint density at radius 2 is 2.21 bits per heavy atom. The molecule has 1 aromatic rings. The van der Waals surface area contributed by atoms with Gasteiger partial charge < -0.3 is 9.64 Å². The smallest absolute Gasteiger partial charge is 0.230 e. The number of fused-ring (bicyclic) bond motifs is 1. The summed E-state index contributed by atoms with van der Waals surface area (Å²) in [6.45, 7) is 4.07. The molecule has 0 fully saturated rings. The van der Waals surface area contributed by atoms with Crippen molar-refractivity contribution < 1.29 is 9.53 Å². The zero-order chi connectivity index (χ0) is 13.7. The summed E-state index contributed by atoms with van der Waals surface area (Å²) in [4.78, 5) is 14.5. The number of hydrogen-bond donors (Lipinski definition) is 0. The number of halogens is 1. The van der Waals surface area contributed by atoms with Crippen molar-refractivity contribution in [1.29, 1.82) is 0 Å². The molecule has 0 bridgehead atoms. The summed E-state index contributed by atoms with van der Waals surface area (Å²) in [5.74, 6) is 1.42. The number of ether oxygens (including phenoxy) is 1. The molecular weight excluding hydrogens is 262 g/mol. The van der Waals surface area contributed by atoms with Crippen LogP contribution in [0, 0.1) is 0 Å². The van der Waals surface area contributed by atoms with Gasteiger partial charge >= 0.3 is 0 Å². The Morgan fingerprint density at radius 1 is 1.42 bits per heavy atom. The number of carbonyl (C=O) groups is 1. The minimum atomic E-state index is -0.0836. The van der Waals surface area contributed by atoms with Crippen LogP contribution in [0.5, 0.6) is 5.75 Å². The van der Waals surface area contributed by atoms with Crippen LogP contribution in [0.2, 0.25) is 0 Å². The largest absolute Gasteiger partial charge is 0.493 e. The second-order valence-electron chi connectivity index (χ2n) is 4.74. The quantitative estimate of drug-likeness (QED) is 0.777. The SMILES string of the molecule is CCCN(CCCl)C(=O)C1CCOc2ccccc21. The van der Waals surface area contributed by atoms with Gasteiger partial charge in [0.15, 0.2) is 0 Å². The van der Waals surface area contributed by atoms with Gasteiger partial charge in [-0.05, 0) is 18.9 Å². The van der Waals surface area contributed by atoms with Crippen molar-refractivity contribution in [3.63, 3.8) is 0 Å². The topological polar surface area (TPSA) is 29.5 Å². The Bertz CT molecular complexity index is 430. The number of amides is 1. The second-order valence-corrected chi connectivity index (χ2v) is 5.12. The zero-order valence-corrected chi connectivity index (χ0v) is 12.0. The molecule has 1 aliphatic rings. The second kappa shape index (κ2) is 6.80. The summed E-state index contributed by atoms with van der Waals surface area (Å²) in [5.41, 5.74) is 1.01. The van der Waals surface area contributed by atoms with Crippen LogP contribution in [0.3, 0.4) is 0 Å². The number of nitrogens with zero attached hydrogens (tertiary/aromatic N) is 1. The first-order valence-electron chi connectivity index (χ1n) is 6.84. The molecule has 104 valence electrons. The van der Waals surface area contributed by atoms with Gasteiger partial charge in [0.25, 0.3) is 0 Å². The van der Waals surface area contributed by atoms with E-state index >= 15 is 0 Å². The standard InChI is InChI=1S/C15H20ClNO2/c1-2-9-17(10-8-16)15(18)13-7-11-19-14-6-4-3-5-12(13)14/h3-6,13H,2,7-11H2,1H3. The Kier molecular flexibility index (Phi) is 5.08. The molecule has 2 rings (SSSR count). The van der Waals surface area contributed by atoms with E-state index in [-0.39, 0.29) is 11.8 Å². The van der Waals surface area contributed by atoms with Crippen LogP contribution in [0.15, 0.2) is 24.3 Å². The molecule has 0 N–H and O–H groups in total. The number of hydrogen-bond acceptors (Lipinski definition) is 2. The lowest BCUT2D eigenvalue weighted by Crippen LogP contribution is -2.38. The van der Waals surface area contributed by atoms with Crippen molar-refractivity contribution >= 4 is 17.5 Å². The molecule has 0 aliphatic carbocycles. The van der Waals surface area contributed by atoms with Crippen LogP contribution in [0.1, 0.15) is 31.2 Å². The summed E-state index contributed by atoms with van der Waals surface area (Å²) < 4.78 is 5.61. The normalized spacial score (nSPS) is 17.5. The summed E-state index contributed by atoms with van der Waals surface area (Å²) in [6, 6.07) is 7.82. The van der Waals surface area contributed by atoms with E-state index in [2.05, 4.69) is 6.92 Å². The maximum absolute atomic E-state index is 12.7. The molecule has 4 heteroatoms. The van der Waals surface area contributed by atoms with Gasteiger partial charge in [-0.15, -0.1) is 11.6 Å². The monoisotopic (exact) mass is 281 g/mol. The molecule has 1 aliphatic heterocycles. The van der Waals surface area contributed by atoms with E-state index in [0.717, 1.165) is 30.7 Å². The molecule has 0 saturated carbocycles. The van der Waals surface area contributed by atoms with Crippen LogP contribution in [0.4, 0.5) is 0 Å². The summed E-state index contributed by atoms with van der Waals surface area (Å²) in [6.07, 6.45) is 1.70. The van der Waals surface area contributed by atoms with Gasteiger partial charge in [0.2, 0.25) is 5.91 Å². The maximum Gasteiger partial charge on any atom is 0.230 e. The van der Waals surface area contributed by atoms with E-state index in [1.54, 1.807) is 0 Å². The first kappa shape index (κ1) is 14.2. The van der Waals surface area contributed by atoms with Gasteiger partial charge in [0, 0.05) is 24.5 Å². The fraction of sp³-hybridized carbons (Fsp3) is 0.533. The average molecular weight is 282 g/mol. The highest BCUT2D eigenvalue weighted by atomic mass is 35.5. The lowest BCUT2D eigenvalue weighted by molar-refractivity contribution is -0.133. The van der Waals surface area contributed by atoms with Crippen molar-refractivity contribution in [2.45, 2.75) is 25.7 Å². The Labute approximate surface area is 119 Å². The molecule has 1 aromatic carbocycles. The minimum Gasteiger partial charge on any atom is -0.493 e. The van der Waals surface area contributed by atoms with Crippen LogP contribution in [-0.2, 0) is 4.79 Å². The maximum atomic E-state index is 12.7. The fourth-order valence-electron chi connectivity index (χ4n) is 2.52. The third-order valence-corrected chi connectivity index (χ3v) is 3.59. The molecular formula is C15H20ClNO2. The molecule has 19 heavy (non-hydrogen) atoms. The van der Waals surface area contributed by atoms with Gasteiger partial charge in [-0.25, -0.2) is 0 Å². The van der Waals surface area contributed by atoms with Crippen LogP contribution in [-0.4, -0.2) is 36.4 Å². The molecule has 3 nitrogen and oxygen atoms in total. The number of rotatable bonds is 5. The fourth-order valence-corrected chi connectivity index (χ4v) is 2.73. The van der Waals surface area contributed by atoms with Gasteiger partial charge in [-0.1, -0.05) is 25.1 Å².